The Bertz CT molecular complexity index is 501. The van der Waals surface area contributed by atoms with E-state index in [0.29, 0.717) is 31.6 Å². The molecule has 0 atom stereocenters. The molecule has 2 N–H and O–H groups in total. The second-order valence-electron chi connectivity index (χ2n) is 5.98. The number of guanidine groups is 1. The monoisotopic (exact) mass is 480 g/mol. The summed E-state index contributed by atoms with van der Waals surface area (Å²) >= 11 is 0. The third-order valence-corrected chi connectivity index (χ3v) is 3.26. The van der Waals surface area contributed by atoms with Crippen LogP contribution in [-0.4, -0.2) is 58.1 Å². The maximum Gasteiger partial charge on any atom is 0.218 e. The molecule has 1 aromatic rings. The summed E-state index contributed by atoms with van der Waals surface area (Å²) in [7, 11) is 3.40. The Hall–Kier alpha value is -1.13. The van der Waals surface area contributed by atoms with Gasteiger partial charge in [-0.15, -0.1) is 24.0 Å². The molecule has 0 bridgehead atoms. The van der Waals surface area contributed by atoms with E-state index in [1.54, 1.807) is 20.4 Å². The van der Waals surface area contributed by atoms with Gasteiger partial charge in [0.25, 0.3) is 0 Å². The van der Waals surface area contributed by atoms with E-state index in [2.05, 4.69) is 34.5 Å². The van der Waals surface area contributed by atoms with Gasteiger partial charge in [0.05, 0.1) is 6.61 Å². The molecular weight excluding hydrogens is 447 g/mol. The van der Waals surface area contributed by atoms with Crippen molar-refractivity contribution in [3.63, 3.8) is 0 Å². The molecule has 150 valence electrons. The molecule has 0 fully saturated rings. The number of nitrogens with zero attached hydrogens (tertiary/aromatic N) is 2. The Labute approximate surface area is 174 Å². The Kier molecular flexibility index (Phi) is 15.4. The van der Waals surface area contributed by atoms with Gasteiger partial charge in [0.15, 0.2) is 5.96 Å². The average Bonchev–Trinajstić information content (AvgIpc) is 2.61. The lowest BCUT2D eigenvalue weighted by Crippen LogP contribution is -2.37. The van der Waals surface area contributed by atoms with Crippen LogP contribution in [0.1, 0.15) is 25.8 Å². The first-order chi connectivity index (χ1) is 12.2. The third-order valence-electron chi connectivity index (χ3n) is 3.26. The van der Waals surface area contributed by atoms with Crippen molar-refractivity contribution in [3.05, 3.63) is 23.9 Å². The Balaban J connectivity index is 0.00000625. The molecule has 0 aliphatic rings. The number of ether oxygens (including phenoxy) is 3. The fourth-order valence-electron chi connectivity index (χ4n) is 2.01. The van der Waals surface area contributed by atoms with Gasteiger partial charge in [-0.1, -0.05) is 19.9 Å². The molecule has 26 heavy (non-hydrogen) atoms. The summed E-state index contributed by atoms with van der Waals surface area (Å²) in [6.07, 6.45) is 2.65. The van der Waals surface area contributed by atoms with Gasteiger partial charge in [-0.25, -0.2) is 4.98 Å². The van der Waals surface area contributed by atoms with E-state index in [1.165, 1.54) is 0 Å². The first-order valence-electron chi connectivity index (χ1n) is 8.75. The topological polar surface area (TPSA) is 77.0 Å². The quantitative estimate of drug-likeness (QED) is 0.207. The molecule has 0 saturated carbocycles. The lowest BCUT2D eigenvalue weighted by molar-refractivity contribution is 0.108. The largest absolute Gasteiger partial charge is 0.475 e. The van der Waals surface area contributed by atoms with Crippen molar-refractivity contribution in [2.24, 2.45) is 10.9 Å². The average molecular weight is 480 g/mol. The van der Waals surface area contributed by atoms with Crippen molar-refractivity contribution in [1.82, 2.24) is 15.6 Å². The van der Waals surface area contributed by atoms with E-state index in [0.717, 1.165) is 37.7 Å². The van der Waals surface area contributed by atoms with Crippen LogP contribution in [0.3, 0.4) is 0 Å². The van der Waals surface area contributed by atoms with Crippen molar-refractivity contribution in [1.29, 1.82) is 0 Å². The second-order valence-corrected chi connectivity index (χ2v) is 5.98. The summed E-state index contributed by atoms with van der Waals surface area (Å²) in [5.74, 6) is 1.93. The molecule has 0 radical (unpaired) electrons. The fraction of sp³-hybridized carbons (Fsp3) is 0.667. The minimum Gasteiger partial charge on any atom is -0.475 e. The Morgan fingerprint density at radius 3 is 2.73 bits per heavy atom. The maximum atomic E-state index is 5.64. The molecule has 0 aliphatic heterocycles. The number of halogens is 1. The SMILES string of the molecule is CN=C(NCCCOCC(C)C)NCc1cccnc1OCCOC.I. The van der Waals surface area contributed by atoms with Crippen LogP contribution < -0.4 is 15.4 Å². The van der Waals surface area contributed by atoms with Gasteiger partial charge in [-0.05, 0) is 18.4 Å². The van der Waals surface area contributed by atoms with Crippen molar-refractivity contribution in [3.8, 4) is 5.88 Å². The van der Waals surface area contributed by atoms with Crippen LogP contribution in [0, 0.1) is 5.92 Å². The summed E-state index contributed by atoms with van der Waals surface area (Å²) in [5.41, 5.74) is 0.974. The van der Waals surface area contributed by atoms with Gasteiger partial charge < -0.3 is 24.8 Å². The van der Waals surface area contributed by atoms with Crippen LogP contribution in [0.15, 0.2) is 23.3 Å². The van der Waals surface area contributed by atoms with Gasteiger partial charge in [0.1, 0.15) is 6.61 Å². The highest BCUT2D eigenvalue weighted by molar-refractivity contribution is 14.0. The van der Waals surface area contributed by atoms with Crippen molar-refractivity contribution in [2.75, 3.05) is 47.1 Å². The van der Waals surface area contributed by atoms with Crippen molar-refractivity contribution in [2.45, 2.75) is 26.8 Å². The lowest BCUT2D eigenvalue weighted by atomic mass is 10.2. The molecule has 0 aromatic carbocycles. The summed E-state index contributed by atoms with van der Waals surface area (Å²) in [6, 6.07) is 3.87. The van der Waals surface area contributed by atoms with E-state index >= 15 is 0 Å². The van der Waals surface area contributed by atoms with E-state index in [-0.39, 0.29) is 24.0 Å². The highest BCUT2D eigenvalue weighted by atomic mass is 127. The van der Waals surface area contributed by atoms with Crippen molar-refractivity contribution >= 4 is 29.9 Å². The predicted molar refractivity (Wildman–Crippen MR) is 115 cm³/mol. The molecule has 0 saturated heterocycles. The van der Waals surface area contributed by atoms with Crippen LogP contribution >= 0.6 is 24.0 Å². The Morgan fingerprint density at radius 2 is 2.04 bits per heavy atom. The van der Waals surface area contributed by atoms with Crippen LogP contribution in [-0.2, 0) is 16.0 Å². The van der Waals surface area contributed by atoms with Gasteiger partial charge in [-0.3, -0.25) is 4.99 Å². The minimum absolute atomic E-state index is 0. The first kappa shape index (κ1) is 24.9. The molecular formula is C18H33IN4O3. The normalized spacial score (nSPS) is 11.2. The number of rotatable bonds is 12. The van der Waals surface area contributed by atoms with E-state index < -0.39 is 0 Å². The molecule has 0 amide bonds. The van der Waals surface area contributed by atoms with Crippen LogP contribution in [0.4, 0.5) is 0 Å². The zero-order chi connectivity index (χ0) is 18.3. The Morgan fingerprint density at radius 1 is 1.23 bits per heavy atom. The van der Waals surface area contributed by atoms with E-state index in [4.69, 9.17) is 14.2 Å². The number of hydrogen-bond acceptors (Lipinski definition) is 5. The lowest BCUT2D eigenvalue weighted by Gasteiger charge is -2.14. The smallest absolute Gasteiger partial charge is 0.218 e. The molecule has 8 heteroatoms. The zero-order valence-corrected chi connectivity index (χ0v) is 18.6. The molecule has 0 spiro atoms. The second kappa shape index (κ2) is 16.1. The van der Waals surface area contributed by atoms with Crippen molar-refractivity contribution < 1.29 is 14.2 Å². The zero-order valence-electron chi connectivity index (χ0n) is 16.3. The minimum atomic E-state index is 0. The van der Waals surface area contributed by atoms with E-state index in [1.807, 2.05) is 12.1 Å². The van der Waals surface area contributed by atoms with Gasteiger partial charge in [-0.2, -0.15) is 0 Å². The van der Waals surface area contributed by atoms with E-state index in [9.17, 15) is 0 Å². The summed E-state index contributed by atoms with van der Waals surface area (Å²) in [6.45, 7) is 8.25. The van der Waals surface area contributed by atoms with Crippen LogP contribution in [0.5, 0.6) is 5.88 Å². The molecule has 1 aromatic heterocycles. The molecule has 0 unspecified atom stereocenters. The molecule has 0 aliphatic carbocycles. The molecule has 1 rings (SSSR count). The fourth-order valence-corrected chi connectivity index (χ4v) is 2.01. The number of aromatic nitrogens is 1. The first-order valence-corrected chi connectivity index (χ1v) is 8.75. The van der Waals surface area contributed by atoms with Gasteiger partial charge in [0.2, 0.25) is 5.88 Å². The number of aliphatic imine (C=N–C) groups is 1. The molecule has 7 nitrogen and oxygen atoms in total. The predicted octanol–water partition coefficient (Wildman–Crippen LogP) is 2.45. The summed E-state index contributed by atoms with van der Waals surface area (Å²) < 4.78 is 16.2. The molecule has 1 heterocycles. The number of pyridine rings is 1. The van der Waals surface area contributed by atoms with Gasteiger partial charge in [0, 0.05) is 52.2 Å². The van der Waals surface area contributed by atoms with Gasteiger partial charge >= 0.3 is 0 Å². The summed E-state index contributed by atoms with van der Waals surface area (Å²) in [4.78, 5) is 8.50. The summed E-state index contributed by atoms with van der Waals surface area (Å²) in [5, 5.41) is 6.55. The third kappa shape index (κ3) is 11.5. The highest BCUT2D eigenvalue weighted by Gasteiger charge is 2.06. The maximum absolute atomic E-state index is 5.64. The number of methoxy groups -OCH3 is 1. The van der Waals surface area contributed by atoms with Crippen LogP contribution in [0.25, 0.3) is 0 Å². The standard InChI is InChI=1S/C18H32N4O3.HI/c1-15(2)14-24-10-6-9-21-18(19-3)22-13-16-7-5-8-20-17(16)25-12-11-23-4;/h5,7-8,15H,6,9-14H2,1-4H3,(H2,19,21,22);1H. The number of hydrogen-bond donors (Lipinski definition) is 2. The highest BCUT2D eigenvalue weighted by Crippen LogP contribution is 2.13. The van der Waals surface area contributed by atoms with Crippen LogP contribution in [0.2, 0.25) is 0 Å². The number of nitrogens with one attached hydrogen (secondary N) is 2.